The van der Waals surface area contributed by atoms with Gasteiger partial charge in [-0.25, -0.2) is 4.79 Å². The first-order valence-corrected chi connectivity index (χ1v) is 13.5. The largest absolute Gasteiger partial charge is 0.494 e. The molecule has 12 nitrogen and oxygen atoms in total. The number of nitrogens with one attached hydrogen (secondary N) is 3. The lowest BCUT2D eigenvalue weighted by atomic mass is 9.78. The number of hydrogen-bond acceptors (Lipinski definition) is 7. The summed E-state index contributed by atoms with van der Waals surface area (Å²) in [6, 6.07) is 10.2. The third-order valence-electron chi connectivity index (χ3n) is 6.85. The van der Waals surface area contributed by atoms with Crippen LogP contribution >= 0.6 is 11.3 Å². The lowest BCUT2D eigenvalue weighted by Gasteiger charge is -2.46. The summed E-state index contributed by atoms with van der Waals surface area (Å²) in [5.41, 5.74) is 5.59. The van der Waals surface area contributed by atoms with Gasteiger partial charge in [0.1, 0.15) is 17.6 Å². The third kappa shape index (κ3) is 7.05. The van der Waals surface area contributed by atoms with Crippen molar-refractivity contribution < 1.29 is 29.0 Å². The van der Waals surface area contributed by atoms with Crippen LogP contribution in [0.1, 0.15) is 29.7 Å². The minimum absolute atomic E-state index is 0.0583. The van der Waals surface area contributed by atoms with E-state index in [0.717, 1.165) is 10.6 Å². The topological polar surface area (TPSA) is 178 Å². The molecule has 2 saturated heterocycles. The summed E-state index contributed by atoms with van der Waals surface area (Å²) in [6.07, 6.45) is -0.0347. The predicted octanol–water partition coefficient (Wildman–Crippen LogP) is 1.20. The van der Waals surface area contributed by atoms with Crippen molar-refractivity contribution in [2.24, 2.45) is 11.1 Å². The van der Waals surface area contributed by atoms with Crippen LogP contribution in [-0.4, -0.2) is 83.4 Å². The zero-order valence-electron chi connectivity index (χ0n) is 21.4. The van der Waals surface area contributed by atoms with Gasteiger partial charge in [-0.1, -0.05) is 18.2 Å². The number of nitrogen functional groups attached to an aromatic ring is 1. The maximum absolute atomic E-state index is 13.1. The van der Waals surface area contributed by atoms with Gasteiger partial charge in [0, 0.05) is 47.3 Å². The highest BCUT2D eigenvalue weighted by molar-refractivity contribution is 7.10. The molecule has 4 amide bonds. The second kappa shape index (κ2) is 12.2. The molecule has 1 spiro atoms. The van der Waals surface area contributed by atoms with Gasteiger partial charge in [0.15, 0.2) is 0 Å². The summed E-state index contributed by atoms with van der Waals surface area (Å²) >= 11 is 1.36. The van der Waals surface area contributed by atoms with E-state index in [9.17, 15) is 24.3 Å². The van der Waals surface area contributed by atoms with E-state index in [0.29, 0.717) is 25.0 Å². The maximum Gasteiger partial charge on any atom is 0.407 e. The number of ether oxygens (including phenoxy) is 1. The van der Waals surface area contributed by atoms with Crippen molar-refractivity contribution in [3.63, 3.8) is 0 Å². The van der Waals surface area contributed by atoms with Gasteiger partial charge >= 0.3 is 6.09 Å². The van der Waals surface area contributed by atoms with Crippen LogP contribution in [0.4, 0.5) is 4.79 Å². The van der Waals surface area contributed by atoms with Gasteiger partial charge in [-0.15, -0.1) is 11.3 Å². The monoisotopic (exact) mass is 556 g/mol. The van der Waals surface area contributed by atoms with E-state index >= 15 is 0 Å². The van der Waals surface area contributed by atoms with Crippen molar-refractivity contribution in [2.75, 3.05) is 32.8 Å². The molecular formula is C26H32N6O6S. The van der Waals surface area contributed by atoms with Gasteiger partial charge in [0.05, 0.1) is 19.7 Å². The van der Waals surface area contributed by atoms with Gasteiger partial charge < -0.3 is 36.0 Å². The van der Waals surface area contributed by atoms with Crippen LogP contribution in [0, 0.1) is 10.8 Å². The zero-order valence-corrected chi connectivity index (χ0v) is 22.2. The Morgan fingerprint density at radius 1 is 1.15 bits per heavy atom. The van der Waals surface area contributed by atoms with E-state index in [1.807, 2.05) is 30.3 Å². The quantitative estimate of drug-likeness (QED) is 0.157. The Bertz CT molecular complexity index is 1230. The van der Waals surface area contributed by atoms with Crippen molar-refractivity contribution >= 4 is 41.0 Å². The van der Waals surface area contributed by atoms with Gasteiger partial charge in [0.2, 0.25) is 17.7 Å². The summed E-state index contributed by atoms with van der Waals surface area (Å²) in [5, 5.41) is 24.0. The molecule has 2 aromatic rings. The summed E-state index contributed by atoms with van der Waals surface area (Å²) in [7, 11) is 0. The van der Waals surface area contributed by atoms with E-state index in [1.54, 1.807) is 11.4 Å². The molecule has 1 aromatic heterocycles. The SMILES string of the molecule is N=C(N)c1csc(CNC(=O)C2CC3(CN(C(=O)O)C3)CN2C(=O)CNC(=O)CCCOc2ccccc2)c1. The average Bonchev–Trinajstić information content (AvgIpc) is 3.54. The second-order valence-electron chi connectivity index (χ2n) is 9.86. The predicted molar refractivity (Wildman–Crippen MR) is 144 cm³/mol. The number of benzene rings is 1. The molecule has 1 aromatic carbocycles. The fourth-order valence-electron chi connectivity index (χ4n) is 4.89. The number of amidine groups is 1. The molecule has 1 atom stereocenters. The van der Waals surface area contributed by atoms with E-state index in [-0.39, 0.29) is 56.8 Å². The molecule has 6 N–H and O–H groups in total. The summed E-state index contributed by atoms with van der Waals surface area (Å²) in [5.74, 6) is -0.385. The minimum Gasteiger partial charge on any atom is -0.494 e. The number of thiophene rings is 1. The first-order chi connectivity index (χ1) is 18.7. The van der Waals surface area contributed by atoms with Crippen molar-refractivity contribution in [1.82, 2.24) is 20.4 Å². The molecule has 208 valence electrons. The van der Waals surface area contributed by atoms with Crippen molar-refractivity contribution in [1.29, 1.82) is 5.41 Å². The molecule has 13 heteroatoms. The molecule has 0 saturated carbocycles. The van der Waals surface area contributed by atoms with Gasteiger partial charge in [-0.3, -0.25) is 19.8 Å². The number of nitrogens with two attached hydrogens (primary N) is 1. The molecule has 4 rings (SSSR count). The van der Waals surface area contributed by atoms with Crippen LogP contribution in [0.3, 0.4) is 0 Å². The smallest absolute Gasteiger partial charge is 0.407 e. The fraction of sp³-hybridized carbons (Fsp3) is 0.423. The molecule has 2 fully saturated rings. The lowest BCUT2D eigenvalue weighted by Crippen LogP contribution is -2.59. The Morgan fingerprint density at radius 2 is 1.90 bits per heavy atom. The summed E-state index contributed by atoms with van der Waals surface area (Å²) in [4.78, 5) is 53.4. The number of amides is 4. The molecule has 2 aliphatic heterocycles. The average molecular weight is 557 g/mol. The van der Waals surface area contributed by atoms with Crippen LogP contribution in [0.2, 0.25) is 0 Å². The maximum atomic E-state index is 13.1. The van der Waals surface area contributed by atoms with Crippen LogP contribution in [0.25, 0.3) is 0 Å². The highest BCUT2D eigenvalue weighted by atomic mass is 32.1. The normalized spacial score (nSPS) is 17.4. The van der Waals surface area contributed by atoms with Gasteiger partial charge in [-0.2, -0.15) is 0 Å². The molecule has 39 heavy (non-hydrogen) atoms. The van der Waals surface area contributed by atoms with E-state index < -0.39 is 23.5 Å². The number of carbonyl (C=O) groups is 4. The molecule has 3 heterocycles. The van der Waals surface area contributed by atoms with E-state index in [4.69, 9.17) is 15.9 Å². The fourth-order valence-corrected chi connectivity index (χ4v) is 5.71. The number of para-hydroxylation sites is 1. The third-order valence-corrected chi connectivity index (χ3v) is 7.79. The Hall–Kier alpha value is -4.13. The van der Waals surface area contributed by atoms with Crippen LogP contribution in [-0.2, 0) is 20.9 Å². The molecular weight excluding hydrogens is 524 g/mol. The highest BCUT2D eigenvalue weighted by Gasteiger charge is 2.55. The first kappa shape index (κ1) is 27.9. The number of rotatable bonds is 11. The standard InChI is InChI=1S/C26H32N6O6S/c27-23(28)17-9-19(39-13-17)11-30-24(35)20-10-26(14-31(15-26)25(36)37)16-32(20)22(34)12-29-21(33)7-4-8-38-18-5-2-1-3-6-18/h1-3,5-6,9,13,20H,4,7-8,10-12,14-16H2,(H3,27,28)(H,29,33)(H,30,35)(H,36,37). The number of carboxylic acid groups (broad SMARTS) is 1. The van der Waals surface area contributed by atoms with Crippen LogP contribution in [0.5, 0.6) is 5.75 Å². The second-order valence-corrected chi connectivity index (χ2v) is 10.9. The Labute approximate surface area is 229 Å². The zero-order chi connectivity index (χ0) is 28.0. The van der Waals surface area contributed by atoms with E-state index in [2.05, 4.69) is 10.6 Å². The molecule has 1 unspecified atom stereocenters. The first-order valence-electron chi connectivity index (χ1n) is 12.6. The molecule has 0 bridgehead atoms. The van der Waals surface area contributed by atoms with Crippen molar-refractivity contribution in [3.05, 3.63) is 52.2 Å². The Morgan fingerprint density at radius 3 is 2.56 bits per heavy atom. The number of nitrogens with zero attached hydrogens (tertiary/aromatic N) is 2. The number of hydrogen-bond donors (Lipinski definition) is 5. The van der Waals surface area contributed by atoms with Crippen LogP contribution < -0.4 is 21.1 Å². The van der Waals surface area contributed by atoms with Crippen molar-refractivity contribution in [3.8, 4) is 5.75 Å². The van der Waals surface area contributed by atoms with E-state index in [1.165, 1.54) is 21.1 Å². The number of carbonyl (C=O) groups excluding carboxylic acids is 3. The minimum atomic E-state index is -1.03. The molecule has 0 radical (unpaired) electrons. The van der Waals surface area contributed by atoms with Gasteiger partial charge in [0.25, 0.3) is 0 Å². The Balaban J connectivity index is 1.29. The van der Waals surface area contributed by atoms with Crippen LogP contribution in [0.15, 0.2) is 41.8 Å². The highest BCUT2D eigenvalue weighted by Crippen LogP contribution is 2.42. The number of likely N-dealkylation sites (tertiary alicyclic amines) is 2. The van der Waals surface area contributed by atoms with Crippen molar-refractivity contribution in [2.45, 2.75) is 31.8 Å². The summed E-state index contributed by atoms with van der Waals surface area (Å²) < 4.78 is 5.58. The molecule has 2 aliphatic rings. The lowest BCUT2D eigenvalue weighted by molar-refractivity contribution is -0.139. The summed E-state index contributed by atoms with van der Waals surface area (Å²) in [6.45, 7) is 1.05. The Kier molecular flexibility index (Phi) is 8.69. The molecule has 0 aliphatic carbocycles. The van der Waals surface area contributed by atoms with Gasteiger partial charge in [-0.05, 0) is 31.0 Å².